The molecule has 2 atom stereocenters. The van der Waals surface area contributed by atoms with E-state index < -0.39 is 0 Å². The van der Waals surface area contributed by atoms with E-state index in [1.54, 1.807) is 0 Å². The van der Waals surface area contributed by atoms with Crippen molar-refractivity contribution in [3.8, 4) is 0 Å². The first-order chi connectivity index (χ1) is 9.21. The summed E-state index contributed by atoms with van der Waals surface area (Å²) in [6.07, 6.45) is 2.61. The van der Waals surface area contributed by atoms with Crippen LogP contribution in [0, 0.1) is 22.7 Å². The first kappa shape index (κ1) is 16.3. The number of nitrogens with zero attached hydrogens (tertiary/aromatic N) is 1. The molecule has 2 heteroatoms. The Morgan fingerprint density at radius 1 is 1.15 bits per heavy atom. The Balaban J connectivity index is 2.01. The third-order valence-corrected chi connectivity index (χ3v) is 6.68. The van der Waals surface area contributed by atoms with Gasteiger partial charge in [0.25, 0.3) is 0 Å². The molecule has 20 heavy (non-hydrogen) atoms. The van der Waals surface area contributed by atoms with Crippen LogP contribution in [-0.2, 0) is 0 Å². The molecule has 1 saturated heterocycles. The summed E-state index contributed by atoms with van der Waals surface area (Å²) >= 11 is 0. The van der Waals surface area contributed by atoms with Crippen LogP contribution >= 0.6 is 0 Å². The second kappa shape index (κ2) is 5.61. The SMILES string of the molecule is CCCC1CN(CC2C(C)(C)C2(C)C)C(C(C)C)CN1. The molecular weight excluding hydrogens is 244 g/mol. The maximum atomic E-state index is 3.77. The normalized spacial score (nSPS) is 33.6. The van der Waals surface area contributed by atoms with Crippen LogP contribution in [0.2, 0.25) is 0 Å². The topological polar surface area (TPSA) is 15.3 Å². The van der Waals surface area contributed by atoms with Gasteiger partial charge in [0.2, 0.25) is 0 Å². The average Bonchev–Trinajstić information content (AvgIpc) is 2.72. The summed E-state index contributed by atoms with van der Waals surface area (Å²) in [7, 11) is 0. The predicted molar refractivity (Wildman–Crippen MR) is 87.9 cm³/mol. The van der Waals surface area contributed by atoms with Gasteiger partial charge < -0.3 is 5.32 Å². The van der Waals surface area contributed by atoms with Gasteiger partial charge in [-0.1, -0.05) is 54.9 Å². The smallest absolute Gasteiger partial charge is 0.0244 e. The second-order valence-electron chi connectivity index (χ2n) is 8.66. The fourth-order valence-corrected chi connectivity index (χ4v) is 4.33. The van der Waals surface area contributed by atoms with E-state index in [2.05, 4.69) is 58.7 Å². The van der Waals surface area contributed by atoms with Crippen molar-refractivity contribution in [2.24, 2.45) is 22.7 Å². The van der Waals surface area contributed by atoms with Crippen LogP contribution < -0.4 is 5.32 Å². The van der Waals surface area contributed by atoms with Crippen molar-refractivity contribution in [2.45, 2.75) is 73.4 Å². The van der Waals surface area contributed by atoms with Gasteiger partial charge in [-0.05, 0) is 29.1 Å². The van der Waals surface area contributed by atoms with Crippen molar-refractivity contribution in [3.63, 3.8) is 0 Å². The molecule has 0 amide bonds. The lowest BCUT2D eigenvalue weighted by molar-refractivity contribution is 0.0851. The molecule has 0 spiro atoms. The zero-order chi connectivity index (χ0) is 15.1. The van der Waals surface area contributed by atoms with Gasteiger partial charge in [-0.2, -0.15) is 0 Å². The minimum Gasteiger partial charge on any atom is -0.311 e. The minimum atomic E-state index is 0.514. The van der Waals surface area contributed by atoms with Gasteiger partial charge in [0.1, 0.15) is 0 Å². The number of piperazine rings is 1. The van der Waals surface area contributed by atoms with Crippen molar-refractivity contribution in [3.05, 3.63) is 0 Å². The van der Waals surface area contributed by atoms with Gasteiger partial charge in [0, 0.05) is 31.7 Å². The van der Waals surface area contributed by atoms with Crippen molar-refractivity contribution in [1.29, 1.82) is 0 Å². The summed E-state index contributed by atoms with van der Waals surface area (Å²) in [5.74, 6) is 1.60. The Hall–Kier alpha value is -0.0800. The van der Waals surface area contributed by atoms with Gasteiger partial charge in [-0.3, -0.25) is 4.90 Å². The molecule has 0 aromatic rings. The van der Waals surface area contributed by atoms with Crippen LogP contribution in [0.25, 0.3) is 0 Å². The molecule has 2 rings (SSSR count). The molecular formula is C18H36N2. The van der Waals surface area contributed by atoms with Crippen LogP contribution in [-0.4, -0.2) is 36.6 Å². The van der Waals surface area contributed by atoms with Crippen LogP contribution in [0.5, 0.6) is 0 Å². The van der Waals surface area contributed by atoms with Crippen molar-refractivity contribution in [2.75, 3.05) is 19.6 Å². The van der Waals surface area contributed by atoms with Gasteiger partial charge >= 0.3 is 0 Å². The molecule has 0 radical (unpaired) electrons. The molecule has 2 fully saturated rings. The number of hydrogen-bond acceptors (Lipinski definition) is 2. The molecule has 0 aromatic carbocycles. The van der Waals surface area contributed by atoms with E-state index in [9.17, 15) is 0 Å². The molecule has 2 aliphatic rings. The Morgan fingerprint density at radius 3 is 2.20 bits per heavy atom. The molecule has 118 valence electrons. The average molecular weight is 280 g/mol. The lowest BCUT2D eigenvalue weighted by Crippen LogP contribution is -2.58. The summed E-state index contributed by atoms with van der Waals surface area (Å²) in [5, 5.41) is 3.77. The highest BCUT2D eigenvalue weighted by Crippen LogP contribution is 2.68. The largest absolute Gasteiger partial charge is 0.311 e. The Labute approximate surface area is 126 Å². The summed E-state index contributed by atoms with van der Waals surface area (Å²) < 4.78 is 0. The van der Waals surface area contributed by atoms with E-state index in [0.717, 1.165) is 17.9 Å². The molecule has 1 saturated carbocycles. The fourth-order valence-electron chi connectivity index (χ4n) is 4.33. The van der Waals surface area contributed by atoms with Crippen LogP contribution in [0.15, 0.2) is 0 Å². The van der Waals surface area contributed by atoms with Crippen LogP contribution in [0.1, 0.15) is 61.3 Å². The quantitative estimate of drug-likeness (QED) is 0.825. The number of rotatable bonds is 5. The third-order valence-electron chi connectivity index (χ3n) is 6.68. The Kier molecular flexibility index (Phi) is 4.57. The maximum Gasteiger partial charge on any atom is 0.0244 e. The van der Waals surface area contributed by atoms with Crippen molar-refractivity contribution in [1.82, 2.24) is 10.2 Å². The summed E-state index contributed by atoms with van der Waals surface area (Å²) in [6.45, 7) is 20.6. The zero-order valence-corrected chi connectivity index (χ0v) is 14.8. The van der Waals surface area contributed by atoms with E-state index in [1.807, 2.05) is 0 Å². The highest BCUT2D eigenvalue weighted by atomic mass is 15.2. The third kappa shape index (κ3) is 2.78. The second-order valence-corrected chi connectivity index (χ2v) is 8.66. The minimum absolute atomic E-state index is 0.514. The highest BCUT2D eigenvalue weighted by molar-refractivity contribution is 5.13. The number of nitrogens with one attached hydrogen (secondary N) is 1. The van der Waals surface area contributed by atoms with E-state index in [-0.39, 0.29) is 0 Å². The monoisotopic (exact) mass is 280 g/mol. The van der Waals surface area contributed by atoms with E-state index in [0.29, 0.717) is 16.9 Å². The molecule has 2 nitrogen and oxygen atoms in total. The van der Waals surface area contributed by atoms with Gasteiger partial charge in [0.15, 0.2) is 0 Å². The van der Waals surface area contributed by atoms with E-state index in [4.69, 9.17) is 0 Å². The van der Waals surface area contributed by atoms with E-state index >= 15 is 0 Å². The zero-order valence-electron chi connectivity index (χ0n) is 14.8. The molecule has 0 bridgehead atoms. The predicted octanol–water partition coefficient (Wildman–Crippen LogP) is 3.77. The van der Waals surface area contributed by atoms with Crippen molar-refractivity contribution >= 4 is 0 Å². The maximum absolute atomic E-state index is 3.77. The molecule has 1 aliphatic heterocycles. The highest BCUT2D eigenvalue weighted by Gasteiger charge is 2.64. The molecule has 1 aliphatic carbocycles. The fraction of sp³-hybridized carbons (Fsp3) is 1.00. The van der Waals surface area contributed by atoms with Gasteiger partial charge in [0.05, 0.1) is 0 Å². The van der Waals surface area contributed by atoms with Gasteiger partial charge in [-0.25, -0.2) is 0 Å². The lowest BCUT2D eigenvalue weighted by atomic mass is 9.96. The summed E-state index contributed by atoms with van der Waals surface area (Å²) in [4.78, 5) is 2.81. The van der Waals surface area contributed by atoms with E-state index in [1.165, 1.54) is 32.5 Å². The van der Waals surface area contributed by atoms with Crippen LogP contribution in [0.4, 0.5) is 0 Å². The van der Waals surface area contributed by atoms with Gasteiger partial charge in [-0.15, -0.1) is 0 Å². The first-order valence-electron chi connectivity index (χ1n) is 8.69. The summed E-state index contributed by atoms with van der Waals surface area (Å²) in [6, 6.07) is 1.43. The molecule has 2 unspecified atom stereocenters. The molecule has 0 aromatic heterocycles. The first-order valence-corrected chi connectivity index (χ1v) is 8.69. The Bertz CT molecular complexity index is 318. The van der Waals surface area contributed by atoms with Crippen molar-refractivity contribution < 1.29 is 0 Å². The Morgan fingerprint density at radius 2 is 1.75 bits per heavy atom. The molecule has 1 heterocycles. The molecule has 1 N–H and O–H groups in total. The number of hydrogen-bond donors (Lipinski definition) is 1. The van der Waals surface area contributed by atoms with Crippen LogP contribution in [0.3, 0.4) is 0 Å². The standard InChI is InChI=1S/C18H36N2/c1-8-9-14-11-20(15(10-19-14)13(2)3)12-16-17(4,5)18(16,6)7/h13-16,19H,8-12H2,1-7H3. The summed E-state index contributed by atoms with van der Waals surface area (Å²) in [5.41, 5.74) is 1.03. The lowest BCUT2D eigenvalue weighted by Gasteiger charge is -2.43.